The largest absolute Gasteiger partial charge is 0.465 e. The van der Waals surface area contributed by atoms with E-state index >= 15 is 0 Å². The number of carbonyl (C=O) groups excluding carboxylic acids is 3. The van der Waals surface area contributed by atoms with Crippen molar-refractivity contribution in [1.29, 1.82) is 0 Å². The molecule has 28 heavy (non-hydrogen) atoms. The van der Waals surface area contributed by atoms with E-state index in [9.17, 15) is 14.4 Å². The quantitative estimate of drug-likeness (QED) is 0.772. The number of rotatable bonds is 5. The molecule has 6 nitrogen and oxygen atoms in total. The van der Waals surface area contributed by atoms with Crippen LogP contribution in [0.15, 0.2) is 24.3 Å². The van der Waals surface area contributed by atoms with Crippen molar-refractivity contribution in [2.24, 2.45) is 5.92 Å². The summed E-state index contributed by atoms with van der Waals surface area (Å²) in [6, 6.07) is 6.91. The number of fused-ring (bicyclic) bond motifs is 1. The van der Waals surface area contributed by atoms with Gasteiger partial charge >= 0.3 is 11.9 Å². The number of hydrogen-bond acceptors (Lipinski definition) is 6. The van der Waals surface area contributed by atoms with E-state index in [1.807, 2.05) is 6.92 Å². The van der Waals surface area contributed by atoms with Gasteiger partial charge in [-0.1, -0.05) is 24.6 Å². The molecule has 0 aliphatic heterocycles. The standard InChI is InChI=1S/C21H23NO5S/c1-12-4-7-14(8-5-12)20(24)27-11-17(23)22-19-18(21(25)26-3)15-9-6-13(2)10-16(15)28-19/h4-5,7-8,13H,6,9-11H2,1-3H3,(H,22,23). The van der Waals surface area contributed by atoms with Gasteiger partial charge in [-0.2, -0.15) is 0 Å². The van der Waals surface area contributed by atoms with Gasteiger partial charge in [-0.15, -0.1) is 11.3 Å². The van der Waals surface area contributed by atoms with Crippen LogP contribution in [-0.4, -0.2) is 31.6 Å². The number of benzene rings is 1. The molecule has 2 aromatic rings. The molecule has 1 aromatic carbocycles. The average molecular weight is 401 g/mol. The van der Waals surface area contributed by atoms with Gasteiger partial charge in [-0.3, -0.25) is 4.79 Å². The number of ether oxygens (including phenoxy) is 2. The second-order valence-corrected chi connectivity index (χ2v) is 8.14. The normalized spacial score (nSPS) is 15.5. The summed E-state index contributed by atoms with van der Waals surface area (Å²) in [6.45, 7) is 3.67. The highest BCUT2D eigenvalue weighted by atomic mass is 32.1. The third-order valence-corrected chi connectivity index (χ3v) is 5.95. The number of nitrogens with one attached hydrogen (secondary N) is 1. The zero-order valence-electron chi connectivity index (χ0n) is 16.2. The van der Waals surface area contributed by atoms with Crippen LogP contribution >= 0.6 is 11.3 Å². The molecule has 7 heteroatoms. The molecule has 1 unspecified atom stereocenters. The Morgan fingerprint density at radius 2 is 1.89 bits per heavy atom. The van der Waals surface area contributed by atoms with Gasteiger partial charge in [-0.05, 0) is 49.8 Å². The second kappa shape index (κ2) is 8.56. The highest BCUT2D eigenvalue weighted by Crippen LogP contribution is 2.40. The van der Waals surface area contributed by atoms with E-state index in [4.69, 9.17) is 9.47 Å². The molecule has 1 heterocycles. The van der Waals surface area contributed by atoms with E-state index in [1.54, 1.807) is 24.3 Å². The molecule has 3 rings (SSSR count). The van der Waals surface area contributed by atoms with Crippen molar-refractivity contribution in [3.63, 3.8) is 0 Å². The number of carbonyl (C=O) groups is 3. The smallest absolute Gasteiger partial charge is 0.341 e. The van der Waals surface area contributed by atoms with Crippen LogP contribution in [0.25, 0.3) is 0 Å². The van der Waals surface area contributed by atoms with Crippen molar-refractivity contribution in [3.05, 3.63) is 51.4 Å². The first-order valence-electron chi connectivity index (χ1n) is 9.15. The first kappa shape index (κ1) is 20.1. The van der Waals surface area contributed by atoms with Crippen molar-refractivity contribution in [3.8, 4) is 0 Å². The maximum Gasteiger partial charge on any atom is 0.341 e. The molecule has 1 amide bonds. The van der Waals surface area contributed by atoms with Crippen molar-refractivity contribution < 1.29 is 23.9 Å². The highest BCUT2D eigenvalue weighted by Gasteiger charge is 2.29. The highest BCUT2D eigenvalue weighted by molar-refractivity contribution is 7.17. The molecule has 0 spiro atoms. The monoisotopic (exact) mass is 401 g/mol. The molecule has 1 aliphatic carbocycles. The van der Waals surface area contributed by atoms with Gasteiger partial charge in [0.1, 0.15) is 5.00 Å². The van der Waals surface area contributed by atoms with E-state index in [1.165, 1.54) is 18.4 Å². The number of esters is 2. The number of thiophene rings is 1. The summed E-state index contributed by atoms with van der Waals surface area (Å²) in [7, 11) is 1.33. The van der Waals surface area contributed by atoms with E-state index in [0.29, 0.717) is 22.0 Å². The van der Waals surface area contributed by atoms with Crippen molar-refractivity contribution in [2.75, 3.05) is 19.0 Å². The summed E-state index contributed by atoms with van der Waals surface area (Å²) >= 11 is 1.40. The number of anilines is 1. The van der Waals surface area contributed by atoms with E-state index in [-0.39, 0.29) is 0 Å². The van der Waals surface area contributed by atoms with Gasteiger partial charge in [0, 0.05) is 4.88 Å². The van der Waals surface area contributed by atoms with Gasteiger partial charge in [0.15, 0.2) is 6.61 Å². The van der Waals surface area contributed by atoms with E-state index in [0.717, 1.165) is 35.3 Å². The minimum Gasteiger partial charge on any atom is -0.465 e. The second-order valence-electron chi connectivity index (χ2n) is 7.04. The molecular formula is C21H23NO5S. The molecule has 148 valence electrons. The Morgan fingerprint density at radius 3 is 2.57 bits per heavy atom. The summed E-state index contributed by atoms with van der Waals surface area (Å²) in [5.74, 6) is -0.977. The Labute approximate surface area is 167 Å². The zero-order chi connectivity index (χ0) is 20.3. The Kier molecular flexibility index (Phi) is 6.14. The Bertz CT molecular complexity index is 900. The molecule has 0 radical (unpaired) electrons. The van der Waals surface area contributed by atoms with Crippen molar-refractivity contribution >= 4 is 34.2 Å². The summed E-state index contributed by atoms with van der Waals surface area (Å²) in [4.78, 5) is 37.7. The first-order chi connectivity index (χ1) is 13.4. The molecule has 0 saturated heterocycles. The van der Waals surface area contributed by atoms with Crippen molar-refractivity contribution in [2.45, 2.75) is 33.1 Å². The predicted molar refractivity (Wildman–Crippen MR) is 107 cm³/mol. The Hall–Kier alpha value is -2.67. The van der Waals surface area contributed by atoms with Crippen LogP contribution in [0.2, 0.25) is 0 Å². The SMILES string of the molecule is COC(=O)c1c(NC(=O)COC(=O)c2ccc(C)cc2)sc2c1CCC(C)C2. The molecule has 0 bridgehead atoms. The van der Waals surface area contributed by atoms with E-state index < -0.39 is 24.5 Å². The zero-order valence-corrected chi connectivity index (χ0v) is 17.0. The number of aryl methyl sites for hydroxylation is 1. The van der Waals surface area contributed by atoms with Crippen LogP contribution < -0.4 is 5.32 Å². The van der Waals surface area contributed by atoms with Gasteiger partial charge in [0.2, 0.25) is 0 Å². The fraction of sp³-hybridized carbons (Fsp3) is 0.381. The predicted octanol–water partition coefficient (Wildman–Crippen LogP) is 3.76. The minimum atomic E-state index is -0.567. The van der Waals surface area contributed by atoms with Gasteiger partial charge in [-0.25, -0.2) is 9.59 Å². The average Bonchev–Trinajstić information content (AvgIpc) is 3.02. The molecule has 1 N–H and O–H groups in total. The summed E-state index contributed by atoms with van der Waals surface area (Å²) in [6.07, 6.45) is 2.66. The van der Waals surface area contributed by atoms with Crippen LogP contribution in [0.5, 0.6) is 0 Å². The summed E-state index contributed by atoms with van der Waals surface area (Å²) < 4.78 is 9.99. The number of amides is 1. The Morgan fingerprint density at radius 1 is 1.18 bits per heavy atom. The maximum absolute atomic E-state index is 12.3. The van der Waals surface area contributed by atoms with Crippen LogP contribution in [0.1, 0.15) is 50.1 Å². The lowest BCUT2D eigenvalue weighted by molar-refractivity contribution is -0.119. The third kappa shape index (κ3) is 4.42. The molecule has 1 aromatic heterocycles. The fourth-order valence-corrected chi connectivity index (χ4v) is 4.64. The van der Waals surface area contributed by atoms with Crippen molar-refractivity contribution in [1.82, 2.24) is 0 Å². The molecule has 1 aliphatic rings. The Balaban J connectivity index is 1.69. The lowest BCUT2D eigenvalue weighted by Gasteiger charge is -2.18. The van der Waals surface area contributed by atoms with E-state index in [2.05, 4.69) is 12.2 Å². The summed E-state index contributed by atoms with van der Waals surface area (Å²) in [5, 5.41) is 3.18. The maximum atomic E-state index is 12.3. The molecular weight excluding hydrogens is 378 g/mol. The van der Waals surface area contributed by atoms with Gasteiger partial charge in [0.25, 0.3) is 5.91 Å². The van der Waals surface area contributed by atoms with Crippen LogP contribution in [-0.2, 0) is 27.1 Å². The molecule has 1 atom stereocenters. The molecule has 0 saturated carbocycles. The lowest BCUT2D eigenvalue weighted by atomic mass is 9.88. The van der Waals surface area contributed by atoms with Crippen LogP contribution in [0.3, 0.4) is 0 Å². The molecule has 0 fully saturated rings. The first-order valence-corrected chi connectivity index (χ1v) is 9.97. The third-order valence-electron chi connectivity index (χ3n) is 4.78. The van der Waals surface area contributed by atoms with Gasteiger partial charge < -0.3 is 14.8 Å². The topological polar surface area (TPSA) is 81.7 Å². The number of methoxy groups -OCH3 is 1. The number of hydrogen-bond donors (Lipinski definition) is 1. The van der Waals surface area contributed by atoms with Gasteiger partial charge in [0.05, 0.1) is 18.2 Å². The lowest BCUT2D eigenvalue weighted by Crippen LogP contribution is -2.22. The minimum absolute atomic E-state index is 0.384. The van der Waals surface area contributed by atoms with Crippen LogP contribution in [0.4, 0.5) is 5.00 Å². The summed E-state index contributed by atoms with van der Waals surface area (Å²) in [5.41, 5.74) is 2.80. The van der Waals surface area contributed by atoms with Crippen LogP contribution in [0, 0.1) is 12.8 Å². The fourth-order valence-electron chi connectivity index (χ4n) is 3.22.